The number of aromatic nitrogens is 3. The van der Waals surface area contributed by atoms with Crippen molar-refractivity contribution in [2.45, 2.75) is 28.8 Å². The summed E-state index contributed by atoms with van der Waals surface area (Å²) < 4.78 is 0. The molecule has 1 aromatic heterocycles. The Labute approximate surface area is 138 Å². The summed E-state index contributed by atoms with van der Waals surface area (Å²) in [4.78, 5) is 17.4. The van der Waals surface area contributed by atoms with E-state index in [4.69, 9.17) is 0 Å². The zero-order valence-corrected chi connectivity index (χ0v) is 13.8. The first kappa shape index (κ1) is 15.4. The second kappa shape index (κ2) is 7.69. The number of aromatic amines is 1. The number of hydrogen-bond donors (Lipinski definition) is 2. The van der Waals surface area contributed by atoms with Gasteiger partial charge in [-0.3, -0.25) is 9.89 Å². The van der Waals surface area contributed by atoms with Gasteiger partial charge in [-0.1, -0.05) is 30.0 Å². The highest BCUT2D eigenvalue weighted by Crippen LogP contribution is 2.38. The molecule has 0 radical (unpaired) electrons. The minimum Gasteiger partial charge on any atom is -0.355 e. The summed E-state index contributed by atoms with van der Waals surface area (Å²) in [7, 11) is 0. The number of carbonyl (C=O) groups excluding carboxylic acids is 1. The fraction of sp³-hybridized carbons (Fsp3) is 0.400. The molecule has 1 aromatic carbocycles. The molecule has 1 saturated carbocycles. The van der Waals surface area contributed by atoms with Crippen LogP contribution in [0.4, 0.5) is 0 Å². The van der Waals surface area contributed by atoms with Crippen molar-refractivity contribution in [2.24, 2.45) is 0 Å². The van der Waals surface area contributed by atoms with Crippen molar-refractivity contribution in [3.05, 3.63) is 36.2 Å². The molecule has 1 aliphatic rings. The third-order valence-corrected chi connectivity index (χ3v) is 5.08. The van der Waals surface area contributed by atoms with Crippen LogP contribution in [-0.4, -0.2) is 39.1 Å². The Kier molecular flexibility index (Phi) is 5.39. The predicted octanol–water partition coefficient (Wildman–Crippen LogP) is 2.68. The Bertz CT molecular complexity index is 613. The molecule has 3 rings (SSSR count). The summed E-state index contributed by atoms with van der Waals surface area (Å²) in [6.45, 7) is 0.667. The molecule has 2 N–H and O–H groups in total. The Hall–Kier alpha value is -1.47. The number of rotatable bonds is 8. The van der Waals surface area contributed by atoms with E-state index in [2.05, 4.69) is 32.6 Å². The number of H-pyrrole nitrogens is 1. The molecule has 1 amide bonds. The zero-order chi connectivity index (χ0) is 15.2. The van der Waals surface area contributed by atoms with E-state index in [1.54, 1.807) is 11.8 Å². The molecule has 7 heteroatoms. The van der Waals surface area contributed by atoms with Crippen molar-refractivity contribution in [3.63, 3.8) is 0 Å². The first-order chi connectivity index (χ1) is 10.8. The fourth-order valence-corrected chi connectivity index (χ4v) is 3.34. The highest BCUT2D eigenvalue weighted by atomic mass is 32.2. The van der Waals surface area contributed by atoms with Gasteiger partial charge in [0, 0.05) is 23.1 Å². The smallest absolute Gasteiger partial charge is 0.230 e. The summed E-state index contributed by atoms with van der Waals surface area (Å²) in [5.74, 6) is 2.77. The quantitative estimate of drug-likeness (QED) is 0.574. The Morgan fingerprint density at radius 1 is 1.27 bits per heavy atom. The van der Waals surface area contributed by atoms with Crippen molar-refractivity contribution >= 4 is 29.4 Å². The zero-order valence-electron chi connectivity index (χ0n) is 12.1. The van der Waals surface area contributed by atoms with E-state index in [0.717, 1.165) is 11.6 Å². The largest absolute Gasteiger partial charge is 0.355 e. The van der Waals surface area contributed by atoms with Crippen LogP contribution in [-0.2, 0) is 4.79 Å². The topological polar surface area (TPSA) is 70.7 Å². The van der Waals surface area contributed by atoms with E-state index in [0.29, 0.717) is 23.4 Å². The molecule has 0 spiro atoms. The number of benzene rings is 1. The Morgan fingerprint density at radius 3 is 2.86 bits per heavy atom. The third kappa shape index (κ3) is 4.78. The summed E-state index contributed by atoms with van der Waals surface area (Å²) in [6, 6.07) is 10.2. The van der Waals surface area contributed by atoms with Crippen LogP contribution in [0.15, 0.2) is 40.4 Å². The number of nitrogens with one attached hydrogen (secondary N) is 2. The summed E-state index contributed by atoms with van der Waals surface area (Å²) in [5, 5.41) is 10.7. The maximum Gasteiger partial charge on any atom is 0.230 e. The molecule has 0 unspecified atom stereocenters. The monoisotopic (exact) mass is 334 g/mol. The highest BCUT2D eigenvalue weighted by Gasteiger charge is 2.27. The molecule has 1 heterocycles. The van der Waals surface area contributed by atoms with E-state index in [1.807, 2.05) is 18.2 Å². The van der Waals surface area contributed by atoms with Gasteiger partial charge in [0.05, 0.1) is 5.75 Å². The van der Waals surface area contributed by atoms with Crippen LogP contribution in [0.5, 0.6) is 0 Å². The molecular weight excluding hydrogens is 316 g/mol. The maximum absolute atomic E-state index is 11.8. The predicted molar refractivity (Wildman–Crippen MR) is 89.3 cm³/mol. The highest BCUT2D eigenvalue weighted by molar-refractivity contribution is 7.99. The molecule has 0 saturated heterocycles. The van der Waals surface area contributed by atoms with Gasteiger partial charge in [0.1, 0.15) is 5.82 Å². The van der Waals surface area contributed by atoms with Crippen LogP contribution in [0.25, 0.3) is 0 Å². The molecule has 0 atom stereocenters. The van der Waals surface area contributed by atoms with Crippen LogP contribution in [0.2, 0.25) is 0 Å². The lowest BCUT2D eigenvalue weighted by molar-refractivity contribution is -0.118. The van der Waals surface area contributed by atoms with Crippen molar-refractivity contribution in [1.82, 2.24) is 20.5 Å². The van der Waals surface area contributed by atoms with Crippen LogP contribution < -0.4 is 5.32 Å². The van der Waals surface area contributed by atoms with Gasteiger partial charge in [-0.15, -0.1) is 16.9 Å². The van der Waals surface area contributed by atoms with E-state index in [-0.39, 0.29) is 5.91 Å². The van der Waals surface area contributed by atoms with Crippen LogP contribution in [0, 0.1) is 0 Å². The third-order valence-electron chi connectivity index (χ3n) is 3.21. The van der Waals surface area contributed by atoms with Crippen molar-refractivity contribution in [2.75, 3.05) is 18.1 Å². The first-order valence-corrected chi connectivity index (χ1v) is 9.28. The molecule has 0 aliphatic heterocycles. The van der Waals surface area contributed by atoms with Crippen LogP contribution in [0.1, 0.15) is 24.6 Å². The Morgan fingerprint density at radius 2 is 2.09 bits per heavy atom. The average molecular weight is 334 g/mol. The van der Waals surface area contributed by atoms with Gasteiger partial charge in [0.25, 0.3) is 0 Å². The van der Waals surface area contributed by atoms with Gasteiger partial charge in [-0.2, -0.15) is 0 Å². The van der Waals surface area contributed by atoms with E-state index >= 15 is 0 Å². The SMILES string of the molecule is O=C(CSc1n[nH]c(C2CC2)n1)NCCSc1ccccc1. The first-order valence-electron chi connectivity index (χ1n) is 7.31. The van der Waals surface area contributed by atoms with Gasteiger partial charge >= 0.3 is 0 Å². The van der Waals surface area contributed by atoms with Crippen molar-refractivity contribution < 1.29 is 4.79 Å². The number of amides is 1. The average Bonchev–Trinajstić information content (AvgIpc) is 3.29. The second-order valence-electron chi connectivity index (χ2n) is 5.08. The molecule has 116 valence electrons. The molecule has 1 aliphatic carbocycles. The number of thioether (sulfide) groups is 2. The molecule has 5 nitrogen and oxygen atoms in total. The molecule has 22 heavy (non-hydrogen) atoms. The number of carbonyl (C=O) groups is 1. The summed E-state index contributed by atoms with van der Waals surface area (Å²) >= 11 is 3.12. The number of nitrogens with zero attached hydrogens (tertiary/aromatic N) is 2. The van der Waals surface area contributed by atoms with Gasteiger partial charge in [-0.25, -0.2) is 4.98 Å². The molecule has 1 fully saturated rings. The van der Waals surface area contributed by atoms with E-state index in [9.17, 15) is 4.79 Å². The van der Waals surface area contributed by atoms with Gasteiger partial charge in [0.15, 0.2) is 0 Å². The van der Waals surface area contributed by atoms with E-state index in [1.165, 1.54) is 29.5 Å². The minimum absolute atomic E-state index is 0.0245. The lowest BCUT2D eigenvalue weighted by Crippen LogP contribution is -2.27. The van der Waals surface area contributed by atoms with Crippen LogP contribution in [0.3, 0.4) is 0 Å². The Balaban J connectivity index is 1.30. The molecule has 2 aromatic rings. The summed E-state index contributed by atoms with van der Waals surface area (Å²) in [5.41, 5.74) is 0. The molecular formula is C15H18N4OS2. The summed E-state index contributed by atoms with van der Waals surface area (Å²) in [6.07, 6.45) is 2.39. The number of hydrogen-bond acceptors (Lipinski definition) is 5. The normalized spacial score (nSPS) is 14.0. The fourth-order valence-electron chi connectivity index (χ4n) is 1.92. The standard InChI is InChI=1S/C15H18N4OS2/c20-13(16-8-9-21-12-4-2-1-3-5-12)10-22-15-17-14(18-19-15)11-6-7-11/h1-5,11H,6-10H2,(H,16,20)(H,17,18,19). The molecule has 0 bridgehead atoms. The van der Waals surface area contributed by atoms with E-state index < -0.39 is 0 Å². The second-order valence-corrected chi connectivity index (χ2v) is 7.19. The van der Waals surface area contributed by atoms with Crippen molar-refractivity contribution in [1.29, 1.82) is 0 Å². The van der Waals surface area contributed by atoms with Crippen LogP contribution >= 0.6 is 23.5 Å². The maximum atomic E-state index is 11.8. The lowest BCUT2D eigenvalue weighted by Gasteiger charge is -2.04. The van der Waals surface area contributed by atoms with Crippen molar-refractivity contribution in [3.8, 4) is 0 Å². The van der Waals surface area contributed by atoms with Gasteiger partial charge < -0.3 is 5.32 Å². The minimum atomic E-state index is 0.0245. The van der Waals surface area contributed by atoms with Gasteiger partial charge in [-0.05, 0) is 25.0 Å². The lowest BCUT2D eigenvalue weighted by atomic mass is 10.4. The van der Waals surface area contributed by atoms with Gasteiger partial charge in [0.2, 0.25) is 11.1 Å².